The van der Waals surface area contributed by atoms with E-state index in [0.717, 1.165) is 21.2 Å². The second-order valence-electron chi connectivity index (χ2n) is 5.74. The first-order valence-corrected chi connectivity index (χ1v) is 8.45. The summed E-state index contributed by atoms with van der Waals surface area (Å²) in [6.07, 6.45) is 0. The Hall–Kier alpha value is -2.14. The van der Waals surface area contributed by atoms with Gasteiger partial charge in [0.25, 0.3) is 5.91 Å². The first-order valence-electron chi connectivity index (χ1n) is 7.66. The van der Waals surface area contributed by atoms with Gasteiger partial charge in [-0.15, -0.1) is 0 Å². The number of rotatable bonds is 5. The molecule has 0 spiro atoms. The Morgan fingerprint density at radius 1 is 1.12 bits per heavy atom. The Labute approximate surface area is 150 Å². The maximum atomic E-state index is 12.1. The average Bonchev–Trinajstić information content (AvgIpc) is 2.55. The summed E-state index contributed by atoms with van der Waals surface area (Å²) < 4.78 is 6.10. The molecule has 0 aliphatic rings. The van der Waals surface area contributed by atoms with Crippen molar-refractivity contribution < 1.29 is 14.3 Å². The molecule has 2 aromatic carbocycles. The zero-order chi connectivity index (χ0) is 17.7. The van der Waals surface area contributed by atoms with Crippen LogP contribution in [0, 0.1) is 13.8 Å². The van der Waals surface area contributed by atoms with Crippen LogP contribution >= 0.6 is 15.9 Å². The molecule has 1 amide bonds. The van der Waals surface area contributed by atoms with Crippen LogP contribution in [0.5, 0.6) is 0 Å². The molecular formula is C19H20BrNO3. The molecule has 0 saturated heterocycles. The zero-order valence-corrected chi connectivity index (χ0v) is 15.5. The van der Waals surface area contributed by atoms with Gasteiger partial charge in [0.15, 0.2) is 6.61 Å². The third kappa shape index (κ3) is 4.93. The lowest BCUT2D eigenvalue weighted by Crippen LogP contribution is -2.31. The lowest BCUT2D eigenvalue weighted by atomic mass is 10.1. The van der Waals surface area contributed by atoms with Gasteiger partial charge in [-0.2, -0.15) is 0 Å². The molecule has 0 fully saturated rings. The Bertz CT molecular complexity index is 741. The number of aryl methyl sites for hydroxylation is 2. The number of halogens is 1. The highest BCUT2D eigenvalue weighted by Crippen LogP contribution is 2.16. The molecule has 0 radical (unpaired) electrons. The van der Waals surface area contributed by atoms with Crippen molar-refractivity contribution >= 4 is 27.8 Å². The monoisotopic (exact) mass is 389 g/mol. The van der Waals surface area contributed by atoms with Gasteiger partial charge >= 0.3 is 5.97 Å². The highest BCUT2D eigenvalue weighted by molar-refractivity contribution is 9.10. The van der Waals surface area contributed by atoms with E-state index in [-0.39, 0.29) is 18.6 Å². The van der Waals surface area contributed by atoms with E-state index in [1.807, 2.05) is 57.2 Å². The minimum absolute atomic E-state index is 0.162. The van der Waals surface area contributed by atoms with Crippen LogP contribution in [0.25, 0.3) is 0 Å². The summed E-state index contributed by atoms with van der Waals surface area (Å²) in [5.41, 5.74) is 3.27. The largest absolute Gasteiger partial charge is 0.452 e. The van der Waals surface area contributed by atoms with E-state index in [9.17, 15) is 9.59 Å². The number of ether oxygens (including phenoxy) is 1. The molecule has 1 N–H and O–H groups in total. The number of carbonyl (C=O) groups is 2. The smallest absolute Gasteiger partial charge is 0.338 e. The SMILES string of the molecule is Cc1ccc(C)c(C(=O)OCC(=O)N[C@H](C)c2ccc(Br)cc2)c1. The predicted molar refractivity (Wildman–Crippen MR) is 96.9 cm³/mol. The van der Waals surface area contributed by atoms with Gasteiger partial charge in [0.1, 0.15) is 0 Å². The van der Waals surface area contributed by atoms with Gasteiger partial charge in [-0.05, 0) is 50.1 Å². The van der Waals surface area contributed by atoms with E-state index in [0.29, 0.717) is 5.56 Å². The summed E-state index contributed by atoms with van der Waals surface area (Å²) >= 11 is 3.37. The maximum absolute atomic E-state index is 12.1. The molecule has 2 aromatic rings. The molecule has 0 bridgehead atoms. The number of hydrogen-bond acceptors (Lipinski definition) is 3. The summed E-state index contributed by atoms with van der Waals surface area (Å²) in [5, 5.41) is 2.82. The highest BCUT2D eigenvalue weighted by Gasteiger charge is 2.14. The number of esters is 1. The fourth-order valence-electron chi connectivity index (χ4n) is 2.28. The Balaban J connectivity index is 1.89. The molecule has 0 heterocycles. The van der Waals surface area contributed by atoms with Crippen LogP contribution in [0.15, 0.2) is 46.9 Å². The number of nitrogens with one attached hydrogen (secondary N) is 1. The Morgan fingerprint density at radius 3 is 2.46 bits per heavy atom. The fourth-order valence-corrected chi connectivity index (χ4v) is 2.55. The van der Waals surface area contributed by atoms with Crippen molar-refractivity contribution in [1.82, 2.24) is 5.32 Å². The molecule has 0 unspecified atom stereocenters. The van der Waals surface area contributed by atoms with E-state index in [4.69, 9.17) is 4.74 Å². The minimum Gasteiger partial charge on any atom is -0.452 e. The fraction of sp³-hybridized carbons (Fsp3) is 0.263. The van der Waals surface area contributed by atoms with Crippen LogP contribution in [0.1, 0.15) is 40.0 Å². The Morgan fingerprint density at radius 2 is 1.79 bits per heavy atom. The van der Waals surface area contributed by atoms with Gasteiger partial charge in [-0.1, -0.05) is 45.8 Å². The van der Waals surface area contributed by atoms with E-state index in [1.54, 1.807) is 6.07 Å². The molecule has 0 aliphatic carbocycles. The topological polar surface area (TPSA) is 55.4 Å². The molecule has 0 saturated carbocycles. The molecule has 0 aromatic heterocycles. The average molecular weight is 390 g/mol. The quantitative estimate of drug-likeness (QED) is 0.783. The maximum Gasteiger partial charge on any atom is 0.338 e. The lowest BCUT2D eigenvalue weighted by molar-refractivity contribution is -0.124. The van der Waals surface area contributed by atoms with E-state index in [2.05, 4.69) is 21.2 Å². The van der Waals surface area contributed by atoms with Gasteiger partial charge in [0.2, 0.25) is 0 Å². The number of benzene rings is 2. The first kappa shape index (κ1) is 18.2. The van der Waals surface area contributed by atoms with Crippen molar-refractivity contribution in [3.63, 3.8) is 0 Å². The third-order valence-electron chi connectivity index (χ3n) is 3.69. The van der Waals surface area contributed by atoms with Gasteiger partial charge in [-0.25, -0.2) is 4.79 Å². The van der Waals surface area contributed by atoms with E-state index in [1.165, 1.54) is 0 Å². The number of carbonyl (C=O) groups excluding carboxylic acids is 2. The molecule has 24 heavy (non-hydrogen) atoms. The third-order valence-corrected chi connectivity index (χ3v) is 4.22. The number of amides is 1. The van der Waals surface area contributed by atoms with Crippen LogP contribution in [-0.4, -0.2) is 18.5 Å². The lowest BCUT2D eigenvalue weighted by Gasteiger charge is -2.15. The molecular weight excluding hydrogens is 370 g/mol. The second-order valence-corrected chi connectivity index (χ2v) is 6.65. The van der Waals surface area contributed by atoms with Crippen LogP contribution in [0.2, 0.25) is 0 Å². The van der Waals surface area contributed by atoms with E-state index >= 15 is 0 Å². The minimum atomic E-state index is -0.484. The second kappa shape index (κ2) is 8.11. The molecule has 2 rings (SSSR count). The van der Waals surface area contributed by atoms with Crippen molar-refractivity contribution in [2.75, 3.05) is 6.61 Å². The summed E-state index contributed by atoms with van der Waals surface area (Å²) in [7, 11) is 0. The van der Waals surface area contributed by atoms with Crippen molar-refractivity contribution in [1.29, 1.82) is 0 Å². The first-order chi connectivity index (χ1) is 11.4. The van der Waals surface area contributed by atoms with E-state index < -0.39 is 5.97 Å². The molecule has 1 atom stereocenters. The highest BCUT2D eigenvalue weighted by atomic mass is 79.9. The van der Waals surface area contributed by atoms with Crippen molar-refractivity contribution in [2.24, 2.45) is 0 Å². The number of hydrogen-bond donors (Lipinski definition) is 1. The Kier molecular flexibility index (Phi) is 6.15. The molecule has 4 nitrogen and oxygen atoms in total. The molecule has 5 heteroatoms. The predicted octanol–water partition coefficient (Wildman–Crippen LogP) is 4.10. The van der Waals surface area contributed by atoms with Crippen molar-refractivity contribution in [2.45, 2.75) is 26.8 Å². The van der Waals surface area contributed by atoms with Crippen LogP contribution in [-0.2, 0) is 9.53 Å². The van der Waals surface area contributed by atoms with Crippen molar-refractivity contribution in [3.8, 4) is 0 Å². The van der Waals surface area contributed by atoms with Crippen LogP contribution < -0.4 is 5.32 Å². The van der Waals surface area contributed by atoms with Gasteiger partial charge < -0.3 is 10.1 Å². The normalized spacial score (nSPS) is 11.7. The van der Waals surface area contributed by atoms with Gasteiger partial charge in [0, 0.05) is 4.47 Å². The summed E-state index contributed by atoms with van der Waals surface area (Å²) in [6, 6.07) is 13.1. The van der Waals surface area contributed by atoms with Crippen LogP contribution in [0.3, 0.4) is 0 Å². The summed E-state index contributed by atoms with van der Waals surface area (Å²) in [5.74, 6) is -0.813. The van der Waals surface area contributed by atoms with Gasteiger partial charge in [0.05, 0.1) is 11.6 Å². The zero-order valence-electron chi connectivity index (χ0n) is 13.9. The summed E-state index contributed by atoms with van der Waals surface area (Å²) in [6.45, 7) is 5.33. The van der Waals surface area contributed by atoms with Gasteiger partial charge in [-0.3, -0.25) is 4.79 Å². The molecule has 0 aliphatic heterocycles. The van der Waals surface area contributed by atoms with Crippen LogP contribution in [0.4, 0.5) is 0 Å². The van der Waals surface area contributed by atoms with Crippen molar-refractivity contribution in [3.05, 3.63) is 69.2 Å². The molecule has 126 valence electrons. The standard InChI is InChI=1S/C19H20BrNO3/c1-12-4-5-13(2)17(10-12)19(23)24-11-18(22)21-14(3)15-6-8-16(20)9-7-15/h4-10,14H,11H2,1-3H3,(H,21,22)/t14-/m1/s1. The summed E-state index contributed by atoms with van der Waals surface area (Å²) in [4.78, 5) is 24.1.